The molecule has 0 spiro atoms. The van der Waals surface area contributed by atoms with Gasteiger partial charge in [0, 0.05) is 16.3 Å². The summed E-state index contributed by atoms with van der Waals surface area (Å²) in [5.41, 5.74) is 6.19. The Kier molecular flexibility index (Phi) is 4.25. The van der Waals surface area contributed by atoms with Crippen LogP contribution in [0, 0.1) is 6.92 Å². The van der Waals surface area contributed by atoms with Crippen molar-refractivity contribution in [1.29, 1.82) is 0 Å². The number of nitrogens with two attached hydrogens (primary N) is 1. The van der Waals surface area contributed by atoms with Gasteiger partial charge in [-0.05, 0) is 6.92 Å². The molecule has 0 saturated carbocycles. The number of carboxylic acid groups (broad SMARTS) is 1. The molecule has 5 nitrogen and oxygen atoms in total. The molecule has 1 aliphatic rings. The average Bonchev–Trinajstić information content (AvgIpc) is 2.31. The molecule has 1 aliphatic heterocycles. The molecule has 3 unspecified atom stereocenters. The minimum Gasteiger partial charge on any atom is -0.477 e. The van der Waals surface area contributed by atoms with E-state index in [4.69, 9.17) is 10.8 Å². The molecule has 0 aromatic carbocycles. The van der Waals surface area contributed by atoms with Crippen molar-refractivity contribution in [2.24, 2.45) is 0 Å². The highest BCUT2D eigenvalue weighted by atomic mass is 32.2. The monoisotopic (exact) mass is 299 g/mol. The summed E-state index contributed by atoms with van der Waals surface area (Å²) in [5.74, 6) is 0.568. The lowest BCUT2D eigenvalue weighted by atomic mass is 10.2. The van der Waals surface area contributed by atoms with Crippen LogP contribution in [-0.4, -0.2) is 37.3 Å². The van der Waals surface area contributed by atoms with E-state index in [1.165, 1.54) is 0 Å². The lowest BCUT2D eigenvalue weighted by Crippen LogP contribution is -2.24. The van der Waals surface area contributed by atoms with Crippen LogP contribution < -0.4 is 5.73 Å². The number of carboxylic acids is 1. The van der Waals surface area contributed by atoms with Gasteiger partial charge in [-0.3, -0.25) is 0 Å². The Morgan fingerprint density at radius 3 is 2.58 bits per heavy atom. The standard InChI is InChI=1S/C12H17N3O2S2/c1-5-9(12(16)17)10(13)15-11(14-5)8-4-18-6(2)7(3)19-8/h6-8H,4H2,1-3H3,(H,16,17)(H2,13,14,15). The van der Waals surface area contributed by atoms with Crippen molar-refractivity contribution in [3.8, 4) is 0 Å². The van der Waals surface area contributed by atoms with Gasteiger partial charge in [0.1, 0.15) is 17.2 Å². The fourth-order valence-corrected chi connectivity index (χ4v) is 4.79. The van der Waals surface area contributed by atoms with Gasteiger partial charge in [0.2, 0.25) is 0 Å². The van der Waals surface area contributed by atoms with Gasteiger partial charge in [-0.15, -0.1) is 11.8 Å². The molecule has 0 bridgehead atoms. The Hall–Kier alpha value is -0.950. The predicted octanol–water partition coefficient (Wildman–Crippen LogP) is 2.36. The fourth-order valence-electron chi connectivity index (χ4n) is 1.94. The molecule has 1 aromatic heterocycles. The Morgan fingerprint density at radius 2 is 2.05 bits per heavy atom. The van der Waals surface area contributed by atoms with Gasteiger partial charge in [-0.1, -0.05) is 13.8 Å². The smallest absolute Gasteiger partial charge is 0.341 e. The molecule has 3 N–H and O–H groups in total. The average molecular weight is 299 g/mol. The molecule has 19 heavy (non-hydrogen) atoms. The van der Waals surface area contributed by atoms with Crippen molar-refractivity contribution in [2.45, 2.75) is 36.5 Å². The van der Waals surface area contributed by atoms with Crippen LogP contribution in [0.3, 0.4) is 0 Å². The maximum absolute atomic E-state index is 11.1. The highest BCUT2D eigenvalue weighted by molar-refractivity contribution is 8.07. The fraction of sp³-hybridized carbons (Fsp3) is 0.583. The summed E-state index contributed by atoms with van der Waals surface area (Å²) in [6.07, 6.45) is 0. The van der Waals surface area contributed by atoms with Crippen LogP contribution in [0.2, 0.25) is 0 Å². The second kappa shape index (κ2) is 5.58. The number of nitrogen functional groups attached to an aromatic ring is 1. The van der Waals surface area contributed by atoms with Gasteiger partial charge in [0.15, 0.2) is 0 Å². The van der Waals surface area contributed by atoms with Crippen molar-refractivity contribution >= 4 is 35.3 Å². The van der Waals surface area contributed by atoms with E-state index in [1.807, 2.05) is 23.5 Å². The largest absolute Gasteiger partial charge is 0.477 e. The second-order valence-corrected chi connectivity index (χ2v) is 7.60. The number of rotatable bonds is 2. The van der Waals surface area contributed by atoms with Crippen molar-refractivity contribution < 1.29 is 9.90 Å². The van der Waals surface area contributed by atoms with E-state index < -0.39 is 5.97 Å². The van der Waals surface area contributed by atoms with Gasteiger partial charge in [0.05, 0.1) is 10.9 Å². The van der Waals surface area contributed by atoms with Crippen LogP contribution in [0.15, 0.2) is 0 Å². The number of anilines is 1. The maximum Gasteiger partial charge on any atom is 0.341 e. The lowest BCUT2D eigenvalue weighted by Gasteiger charge is -2.30. The first-order chi connectivity index (χ1) is 8.90. The molecule has 0 aliphatic carbocycles. The number of carbonyl (C=O) groups is 1. The normalized spacial score (nSPS) is 27.2. The first-order valence-electron chi connectivity index (χ1n) is 6.04. The quantitative estimate of drug-likeness (QED) is 0.866. The van der Waals surface area contributed by atoms with Crippen LogP contribution in [0.25, 0.3) is 0 Å². The summed E-state index contributed by atoms with van der Waals surface area (Å²) in [4.78, 5) is 19.6. The number of aromatic carboxylic acids is 1. The zero-order chi connectivity index (χ0) is 14.2. The van der Waals surface area contributed by atoms with Gasteiger partial charge in [0.25, 0.3) is 0 Å². The second-order valence-electron chi connectivity index (χ2n) is 4.60. The maximum atomic E-state index is 11.1. The lowest BCUT2D eigenvalue weighted by molar-refractivity contribution is 0.0696. The molecule has 104 valence electrons. The van der Waals surface area contributed by atoms with Crippen LogP contribution in [0.5, 0.6) is 0 Å². The Morgan fingerprint density at radius 1 is 1.37 bits per heavy atom. The minimum atomic E-state index is -1.07. The first-order valence-corrected chi connectivity index (χ1v) is 8.03. The SMILES string of the molecule is Cc1nc(C2CSC(C)C(C)S2)nc(N)c1C(=O)O. The van der Waals surface area contributed by atoms with E-state index in [2.05, 4.69) is 23.8 Å². The third-order valence-corrected chi connectivity index (χ3v) is 6.57. The van der Waals surface area contributed by atoms with Crippen LogP contribution >= 0.6 is 23.5 Å². The molecule has 0 radical (unpaired) electrons. The molecule has 1 fully saturated rings. The minimum absolute atomic E-state index is 0.0126. The van der Waals surface area contributed by atoms with Crippen LogP contribution in [0.4, 0.5) is 5.82 Å². The van der Waals surface area contributed by atoms with E-state index in [0.717, 1.165) is 5.75 Å². The molecule has 7 heteroatoms. The summed E-state index contributed by atoms with van der Waals surface area (Å²) in [7, 11) is 0. The third kappa shape index (κ3) is 2.97. The summed E-state index contributed by atoms with van der Waals surface area (Å²) in [6, 6.07) is 0. The molecule has 1 saturated heterocycles. The Labute approximate surface area is 120 Å². The van der Waals surface area contributed by atoms with E-state index >= 15 is 0 Å². The van der Waals surface area contributed by atoms with Crippen molar-refractivity contribution in [2.75, 3.05) is 11.5 Å². The summed E-state index contributed by atoms with van der Waals surface area (Å²) >= 11 is 3.72. The topological polar surface area (TPSA) is 89.1 Å². The highest BCUT2D eigenvalue weighted by Crippen LogP contribution is 2.43. The number of hydrogen-bond acceptors (Lipinski definition) is 6. The van der Waals surface area contributed by atoms with Crippen molar-refractivity contribution in [3.63, 3.8) is 0 Å². The number of hydrogen-bond donors (Lipinski definition) is 2. The van der Waals surface area contributed by atoms with Crippen LogP contribution in [-0.2, 0) is 0 Å². The van der Waals surface area contributed by atoms with E-state index in [1.54, 1.807) is 6.92 Å². The van der Waals surface area contributed by atoms with E-state index in [0.29, 0.717) is 22.0 Å². The Balaban J connectivity index is 2.29. The molecular weight excluding hydrogens is 282 g/mol. The molecule has 0 amide bonds. The molecular formula is C12H17N3O2S2. The number of nitrogens with zero attached hydrogens (tertiary/aromatic N) is 2. The number of aryl methyl sites for hydroxylation is 1. The van der Waals surface area contributed by atoms with Gasteiger partial charge < -0.3 is 10.8 Å². The van der Waals surface area contributed by atoms with E-state index in [9.17, 15) is 4.79 Å². The molecule has 1 aromatic rings. The first kappa shape index (κ1) is 14.5. The van der Waals surface area contributed by atoms with Gasteiger partial charge in [-0.2, -0.15) is 11.8 Å². The Bertz CT molecular complexity index is 487. The van der Waals surface area contributed by atoms with E-state index in [-0.39, 0.29) is 16.6 Å². The van der Waals surface area contributed by atoms with Crippen molar-refractivity contribution in [1.82, 2.24) is 9.97 Å². The van der Waals surface area contributed by atoms with Crippen molar-refractivity contribution in [3.05, 3.63) is 17.1 Å². The molecule has 2 rings (SSSR count). The summed E-state index contributed by atoms with van der Waals surface area (Å²) in [5, 5.41) is 10.4. The molecule has 3 atom stereocenters. The van der Waals surface area contributed by atoms with Crippen LogP contribution in [0.1, 0.15) is 41.0 Å². The van der Waals surface area contributed by atoms with Gasteiger partial charge >= 0.3 is 5.97 Å². The zero-order valence-electron chi connectivity index (χ0n) is 11.1. The summed E-state index contributed by atoms with van der Waals surface area (Å²) in [6.45, 7) is 6.07. The predicted molar refractivity (Wildman–Crippen MR) is 79.9 cm³/mol. The number of thioether (sulfide) groups is 2. The summed E-state index contributed by atoms with van der Waals surface area (Å²) < 4.78 is 0. The highest BCUT2D eigenvalue weighted by Gasteiger charge is 2.29. The zero-order valence-corrected chi connectivity index (χ0v) is 12.7. The third-order valence-electron chi connectivity index (χ3n) is 3.19. The number of aromatic nitrogens is 2. The molecule has 2 heterocycles. The van der Waals surface area contributed by atoms with Gasteiger partial charge in [-0.25, -0.2) is 14.8 Å².